The molecule has 120 valence electrons. The number of hydrogen-bond donors (Lipinski definition) is 0. The summed E-state index contributed by atoms with van der Waals surface area (Å²) in [4.78, 5) is 16.2. The first-order valence-electron chi connectivity index (χ1n) is 7.35. The van der Waals surface area contributed by atoms with Gasteiger partial charge in [0.15, 0.2) is 5.82 Å². The fourth-order valence-corrected chi connectivity index (χ4v) is 2.50. The summed E-state index contributed by atoms with van der Waals surface area (Å²) in [7, 11) is 1.55. The Bertz CT molecular complexity index is 667. The van der Waals surface area contributed by atoms with Crippen LogP contribution in [-0.4, -0.2) is 54.3 Å². The predicted octanol–water partition coefficient (Wildman–Crippen LogP) is 1.59. The van der Waals surface area contributed by atoms with Crippen LogP contribution in [0.5, 0.6) is 5.88 Å². The molecule has 0 atom stereocenters. The summed E-state index contributed by atoms with van der Waals surface area (Å²) >= 11 is 0. The van der Waals surface area contributed by atoms with Crippen molar-refractivity contribution >= 4 is 11.7 Å². The first-order chi connectivity index (χ1) is 11.2. The van der Waals surface area contributed by atoms with Gasteiger partial charge in [0.2, 0.25) is 5.88 Å². The van der Waals surface area contributed by atoms with Crippen LogP contribution in [0.1, 0.15) is 10.4 Å². The van der Waals surface area contributed by atoms with Crippen molar-refractivity contribution in [1.29, 1.82) is 0 Å². The fraction of sp³-hybridized carbons (Fsp3) is 0.312. The number of ether oxygens (including phenoxy) is 1. The number of benzene rings is 1. The number of carbonyl (C=O) groups is 1. The van der Waals surface area contributed by atoms with Gasteiger partial charge in [-0.05, 0) is 30.3 Å². The van der Waals surface area contributed by atoms with Gasteiger partial charge >= 0.3 is 0 Å². The van der Waals surface area contributed by atoms with E-state index in [0.717, 1.165) is 5.82 Å². The van der Waals surface area contributed by atoms with Crippen molar-refractivity contribution in [3.05, 3.63) is 47.8 Å². The Morgan fingerprint density at radius 3 is 2.30 bits per heavy atom. The van der Waals surface area contributed by atoms with Gasteiger partial charge in [0.1, 0.15) is 5.82 Å². The molecule has 2 heterocycles. The van der Waals surface area contributed by atoms with Gasteiger partial charge in [0.05, 0.1) is 7.11 Å². The number of rotatable bonds is 3. The minimum absolute atomic E-state index is 0.0783. The minimum Gasteiger partial charge on any atom is -0.480 e. The lowest BCUT2D eigenvalue weighted by molar-refractivity contribution is 0.0746. The summed E-state index contributed by atoms with van der Waals surface area (Å²) in [5, 5.41) is 8.07. The van der Waals surface area contributed by atoms with Crippen LogP contribution in [-0.2, 0) is 0 Å². The van der Waals surface area contributed by atoms with E-state index in [2.05, 4.69) is 15.1 Å². The molecule has 1 saturated heterocycles. The van der Waals surface area contributed by atoms with Gasteiger partial charge in [0, 0.05) is 37.8 Å². The molecular formula is C16H17FN4O2. The van der Waals surface area contributed by atoms with Crippen molar-refractivity contribution in [2.24, 2.45) is 0 Å². The molecule has 0 bridgehead atoms. The molecule has 0 radical (unpaired) electrons. The van der Waals surface area contributed by atoms with Crippen LogP contribution in [0.15, 0.2) is 36.4 Å². The van der Waals surface area contributed by atoms with Gasteiger partial charge in [-0.1, -0.05) is 0 Å². The molecule has 0 spiro atoms. The Balaban J connectivity index is 1.61. The molecule has 1 aromatic heterocycles. The maximum absolute atomic E-state index is 12.9. The van der Waals surface area contributed by atoms with Gasteiger partial charge in [0.25, 0.3) is 5.91 Å². The zero-order valence-electron chi connectivity index (χ0n) is 12.8. The summed E-state index contributed by atoms with van der Waals surface area (Å²) in [5.74, 6) is 0.813. The van der Waals surface area contributed by atoms with E-state index in [1.807, 2.05) is 6.07 Å². The highest BCUT2D eigenvalue weighted by molar-refractivity contribution is 5.94. The van der Waals surface area contributed by atoms with Gasteiger partial charge in [-0.3, -0.25) is 4.79 Å². The Morgan fingerprint density at radius 1 is 1.04 bits per heavy atom. The molecule has 1 amide bonds. The number of halogens is 1. The Labute approximate surface area is 133 Å². The molecule has 0 saturated carbocycles. The smallest absolute Gasteiger partial charge is 0.253 e. The van der Waals surface area contributed by atoms with Crippen LogP contribution in [0.3, 0.4) is 0 Å². The van der Waals surface area contributed by atoms with Gasteiger partial charge in [-0.15, -0.1) is 10.2 Å². The number of carbonyl (C=O) groups excluding carboxylic acids is 1. The number of anilines is 1. The summed E-state index contributed by atoms with van der Waals surface area (Å²) in [5.41, 5.74) is 0.504. The predicted molar refractivity (Wildman–Crippen MR) is 83.1 cm³/mol. The molecule has 7 heteroatoms. The highest BCUT2D eigenvalue weighted by Gasteiger charge is 2.23. The average Bonchev–Trinajstić information content (AvgIpc) is 2.62. The third kappa shape index (κ3) is 3.39. The lowest BCUT2D eigenvalue weighted by Gasteiger charge is -2.35. The molecule has 1 aromatic carbocycles. The van der Waals surface area contributed by atoms with E-state index in [0.29, 0.717) is 37.6 Å². The Hall–Kier alpha value is -2.70. The topological polar surface area (TPSA) is 58.6 Å². The monoisotopic (exact) mass is 316 g/mol. The quantitative estimate of drug-likeness (QED) is 0.860. The molecule has 0 N–H and O–H groups in total. The molecule has 2 aromatic rings. The van der Waals surface area contributed by atoms with Gasteiger partial charge in [-0.2, -0.15) is 0 Å². The second-order valence-corrected chi connectivity index (χ2v) is 5.22. The number of nitrogens with zero attached hydrogens (tertiary/aromatic N) is 4. The lowest BCUT2D eigenvalue weighted by atomic mass is 10.2. The van der Waals surface area contributed by atoms with Crippen LogP contribution in [0.2, 0.25) is 0 Å². The van der Waals surface area contributed by atoms with E-state index < -0.39 is 0 Å². The van der Waals surface area contributed by atoms with Crippen LogP contribution in [0, 0.1) is 5.82 Å². The second kappa shape index (κ2) is 6.60. The van der Waals surface area contributed by atoms with Crippen LogP contribution < -0.4 is 9.64 Å². The first-order valence-corrected chi connectivity index (χ1v) is 7.35. The Kier molecular flexibility index (Phi) is 4.36. The van der Waals surface area contributed by atoms with Crippen molar-refractivity contribution in [3.8, 4) is 5.88 Å². The van der Waals surface area contributed by atoms with E-state index in [4.69, 9.17) is 4.74 Å². The molecule has 1 aliphatic rings. The van der Waals surface area contributed by atoms with Crippen LogP contribution in [0.25, 0.3) is 0 Å². The number of methoxy groups -OCH3 is 1. The van der Waals surface area contributed by atoms with E-state index in [9.17, 15) is 9.18 Å². The molecule has 1 fully saturated rings. The minimum atomic E-state index is -0.343. The molecule has 23 heavy (non-hydrogen) atoms. The third-order valence-electron chi connectivity index (χ3n) is 3.82. The molecular weight excluding hydrogens is 299 g/mol. The van der Waals surface area contributed by atoms with Crippen molar-refractivity contribution in [1.82, 2.24) is 15.1 Å². The summed E-state index contributed by atoms with van der Waals surface area (Å²) < 4.78 is 17.9. The van der Waals surface area contributed by atoms with Crippen molar-refractivity contribution < 1.29 is 13.9 Å². The van der Waals surface area contributed by atoms with Crippen LogP contribution in [0.4, 0.5) is 10.2 Å². The summed E-state index contributed by atoms with van der Waals surface area (Å²) in [6, 6.07) is 9.24. The average molecular weight is 316 g/mol. The molecule has 0 unspecified atom stereocenters. The fourth-order valence-electron chi connectivity index (χ4n) is 2.50. The third-order valence-corrected chi connectivity index (χ3v) is 3.82. The largest absolute Gasteiger partial charge is 0.480 e. The SMILES string of the molecule is COc1ccc(N2CCN(C(=O)c3ccc(F)cc3)CC2)nn1. The standard InChI is InChI=1S/C16H17FN4O2/c1-23-15-7-6-14(18-19-15)20-8-10-21(11-9-20)16(22)12-2-4-13(17)5-3-12/h2-7H,8-11H2,1H3. The zero-order valence-corrected chi connectivity index (χ0v) is 12.8. The summed E-state index contributed by atoms with van der Waals surface area (Å²) in [6.07, 6.45) is 0. The summed E-state index contributed by atoms with van der Waals surface area (Å²) in [6.45, 7) is 2.52. The first kappa shape index (κ1) is 15.2. The number of aromatic nitrogens is 2. The maximum Gasteiger partial charge on any atom is 0.253 e. The van der Waals surface area contributed by atoms with Crippen molar-refractivity contribution in [3.63, 3.8) is 0 Å². The van der Waals surface area contributed by atoms with E-state index >= 15 is 0 Å². The van der Waals surface area contributed by atoms with Crippen molar-refractivity contribution in [2.75, 3.05) is 38.2 Å². The van der Waals surface area contributed by atoms with E-state index in [1.165, 1.54) is 24.3 Å². The van der Waals surface area contributed by atoms with Crippen molar-refractivity contribution in [2.45, 2.75) is 0 Å². The second-order valence-electron chi connectivity index (χ2n) is 5.22. The Morgan fingerprint density at radius 2 is 1.74 bits per heavy atom. The molecule has 3 rings (SSSR count). The number of amides is 1. The van der Waals surface area contributed by atoms with E-state index in [1.54, 1.807) is 18.1 Å². The molecule has 1 aliphatic heterocycles. The molecule has 0 aliphatic carbocycles. The molecule has 6 nitrogen and oxygen atoms in total. The zero-order chi connectivity index (χ0) is 16.2. The highest BCUT2D eigenvalue weighted by Crippen LogP contribution is 2.16. The maximum atomic E-state index is 12.9. The van der Waals surface area contributed by atoms with E-state index in [-0.39, 0.29) is 11.7 Å². The lowest BCUT2D eigenvalue weighted by Crippen LogP contribution is -2.49. The van der Waals surface area contributed by atoms with Gasteiger partial charge < -0.3 is 14.5 Å². The number of piperazine rings is 1. The normalized spacial score (nSPS) is 14.7. The van der Waals surface area contributed by atoms with Crippen LogP contribution >= 0.6 is 0 Å². The van der Waals surface area contributed by atoms with Gasteiger partial charge in [-0.25, -0.2) is 4.39 Å². The number of hydrogen-bond acceptors (Lipinski definition) is 5. The highest BCUT2D eigenvalue weighted by atomic mass is 19.1.